The Kier molecular flexibility index (Phi) is 5.05. The first-order valence-corrected chi connectivity index (χ1v) is 9.71. The van der Waals surface area contributed by atoms with Gasteiger partial charge in [0.2, 0.25) is 5.91 Å². The topological polar surface area (TPSA) is 77.0 Å². The molecule has 0 aliphatic carbocycles. The number of halogens is 1. The number of hydrogen-bond acceptors (Lipinski definition) is 4. The number of piperidine rings is 1. The number of nitrogens with two attached hydrogens (primary N) is 1. The van der Waals surface area contributed by atoms with Crippen LogP contribution in [0.15, 0.2) is 49.4 Å². The molecule has 3 heterocycles. The lowest BCUT2D eigenvalue weighted by Gasteiger charge is -2.31. The Balaban J connectivity index is 1.65. The third kappa shape index (κ3) is 3.47. The molecule has 1 aromatic carbocycles. The first-order chi connectivity index (χ1) is 13.6. The van der Waals surface area contributed by atoms with E-state index in [9.17, 15) is 4.79 Å². The fourth-order valence-corrected chi connectivity index (χ4v) is 4.09. The highest BCUT2D eigenvalue weighted by Gasteiger charge is 2.23. The maximum atomic E-state index is 11.8. The lowest BCUT2D eigenvalue weighted by atomic mass is 9.96. The van der Waals surface area contributed by atoms with E-state index in [0.29, 0.717) is 16.8 Å². The van der Waals surface area contributed by atoms with Crippen LogP contribution in [0.1, 0.15) is 12.8 Å². The maximum absolute atomic E-state index is 11.8. The predicted molar refractivity (Wildman–Crippen MR) is 112 cm³/mol. The molecule has 0 unspecified atom stereocenters. The van der Waals surface area contributed by atoms with Gasteiger partial charge in [-0.3, -0.25) is 4.79 Å². The van der Waals surface area contributed by atoms with E-state index in [0.717, 1.165) is 54.6 Å². The van der Waals surface area contributed by atoms with E-state index in [2.05, 4.69) is 27.3 Å². The standard InChI is InChI=1S/C21H22ClN5O/c1-2-18(28)26-8-6-14(7-9-26)11-27-12-17(15-4-3-5-16(22)10-15)19-20(23)24-13-25-21(19)27/h2-5,10,12-14H,1,6-9,11H2,(H2,23,24,25). The number of fused-ring (bicyclic) bond motifs is 1. The number of likely N-dealkylation sites (tertiary alicyclic amines) is 1. The van der Waals surface area contributed by atoms with Crippen molar-refractivity contribution in [3.8, 4) is 11.1 Å². The Bertz CT molecular complexity index is 1040. The molecule has 2 aromatic heterocycles. The largest absolute Gasteiger partial charge is 0.383 e. The lowest BCUT2D eigenvalue weighted by molar-refractivity contribution is -0.127. The quantitative estimate of drug-likeness (QED) is 0.682. The van der Waals surface area contributed by atoms with Gasteiger partial charge in [0.15, 0.2) is 0 Å². The van der Waals surface area contributed by atoms with Crippen molar-refractivity contribution in [1.82, 2.24) is 19.4 Å². The molecule has 28 heavy (non-hydrogen) atoms. The molecule has 144 valence electrons. The fourth-order valence-electron chi connectivity index (χ4n) is 3.90. The number of carbonyl (C=O) groups is 1. The number of amides is 1. The number of hydrogen-bond donors (Lipinski definition) is 1. The van der Waals surface area contributed by atoms with E-state index < -0.39 is 0 Å². The Labute approximate surface area is 168 Å². The van der Waals surface area contributed by atoms with Gasteiger partial charge in [0.05, 0.1) is 5.39 Å². The maximum Gasteiger partial charge on any atom is 0.245 e. The number of nitrogens with zero attached hydrogens (tertiary/aromatic N) is 4. The minimum atomic E-state index is 0.00798. The first-order valence-electron chi connectivity index (χ1n) is 9.33. The number of aromatic nitrogens is 3. The van der Waals surface area contributed by atoms with Crippen LogP contribution in [0.2, 0.25) is 5.02 Å². The normalized spacial score (nSPS) is 15.1. The first kappa shape index (κ1) is 18.5. The summed E-state index contributed by atoms with van der Waals surface area (Å²) in [6, 6.07) is 7.71. The van der Waals surface area contributed by atoms with E-state index in [1.54, 1.807) is 0 Å². The highest BCUT2D eigenvalue weighted by Crippen LogP contribution is 2.34. The third-order valence-corrected chi connectivity index (χ3v) is 5.61. The number of benzene rings is 1. The van der Waals surface area contributed by atoms with E-state index in [1.807, 2.05) is 29.2 Å². The summed E-state index contributed by atoms with van der Waals surface area (Å²) in [5.74, 6) is 0.937. The Morgan fingerprint density at radius 2 is 2.11 bits per heavy atom. The van der Waals surface area contributed by atoms with Gasteiger partial charge < -0.3 is 15.2 Å². The molecule has 6 nitrogen and oxygen atoms in total. The van der Waals surface area contributed by atoms with Crippen LogP contribution in [0, 0.1) is 5.92 Å². The Morgan fingerprint density at radius 3 is 2.82 bits per heavy atom. The SMILES string of the molecule is C=CC(=O)N1CCC(Cn2cc(-c3cccc(Cl)c3)c3c(N)ncnc32)CC1. The summed E-state index contributed by atoms with van der Waals surface area (Å²) in [5, 5.41) is 1.53. The van der Waals surface area contributed by atoms with Gasteiger partial charge in [0.25, 0.3) is 0 Å². The molecule has 4 rings (SSSR count). The second-order valence-electron chi connectivity index (χ2n) is 7.14. The molecular weight excluding hydrogens is 374 g/mol. The van der Waals surface area contributed by atoms with Gasteiger partial charge in [-0.25, -0.2) is 9.97 Å². The van der Waals surface area contributed by atoms with Crippen molar-refractivity contribution in [2.75, 3.05) is 18.8 Å². The van der Waals surface area contributed by atoms with E-state index in [-0.39, 0.29) is 5.91 Å². The van der Waals surface area contributed by atoms with Crippen LogP contribution in [0.5, 0.6) is 0 Å². The molecule has 1 fully saturated rings. The van der Waals surface area contributed by atoms with Gasteiger partial charge in [-0.05, 0) is 42.5 Å². The molecule has 0 atom stereocenters. The number of anilines is 1. The van der Waals surface area contributed by atoms with Gasteiger partial charge >= 0.3 is 0 Å². The summed E-state index contributed by atoms with van der Waals surface area (Å²) in [6.07, 6.45) is 6.87. The molecule has 1 amide bonds. The van der Waals surface area contributed by atoms with Gasteiger partial charge in [0, 0.05) is 36.4 Å². The van der Waals surface area contributed by atoms with Gasteiger partial charge in [-0.2, -0.15) is 0 Å². The van der Waals surface area contributed by atoms with Crippen molar-refractivity contribution >= 4 is 34.4 Å². The van der Waals surface area contributed by atoms with Crippen molar-refractivity contribution in [2.24, 2.45) is 5.92 Å². The van der Waals surface area contributed by atoms with Crippen LogP contribution in [0.3, 0.4) is 0 Å². The van der Waals surface area contributed by atoms with Gasteiger partial charge in [-0.15, -0.1) is 0 Å². The Hall–Kier alpha value is -2.86. The monoisotopic (exact) mass is 395 g/mol. The molecule has 0 spiro atoms. The molecule has 7 heteroatoms. The Morgan fingerprint density at radius 1 is 1.32 bits per heavy atom. The molecule has 1 saturated heterocycles. The molecule has 1 aliphatic rings. The van der Waals surface area contributed by atoms with Crippen molar-refractivity contribution < 1.29 is 4.79 Å². The van der Waals surface area contributed by atoms with E-state index >= 15 is 0 Å². The number of nitrogen functional groups attached to an aromatic ring is 1. The molecule has 3 aromatic rings. The van der Waals surface area contributed by atoms with Crippen LogP contribution < -0.4 is 5.73 Å². The van der Waals surface area contributed by atoms with Crippen LogP contribution >= 0.6 is 11.6 Å². The molecule has 0 saturated carbocycles. The molecule has 1 aliphatic heterocycles. The zero-order chi connectivity index (χ0) is 19.7. The van der Waals surface area contributed by atoms with Gasteiger partial charge in [0.1, 0.15) is 17.8 Å². The summed E-state index contributed by atoms with van der Waals surface area (Å²) in [5.41, 5.74) is 8.99. The van der Waals surface area contributed by atoms with Crippen molar-refractivity contribution in [3.05, 3.63) is 54.5 Å². The van der Waals surface area contributed by atoms with Crippen LogP contribution in [0.25, 0.3) is 22.2 Å². The molecule has 2 N–H and O–H groups in total. The smallest absolute Gasteiger partial charge is 0.245 e. The van der Waals surface area contributed by atoms with Crippen molar-refractivity contribution in [3.63, 3.8) is 0 Å². The number of rotatable bonds is 4. The summed E-state index contributed by atoms with van der Waals surface area (Å²) in [6.45, 7) is 5.91. The zero-order valence-electron chi connectivity index (χ0n) is 15.5. The zero-order valence-corrected chi connectivity index (χ0v) is 16.3. The summed E-state index contributed by atoms with van der Waals surface area (Å²) in [4.78, 5) is 22.3. The number of carbonyl (C=O) groups excluding carboxylic acids is 1. The van der Waals surface area contributed by atoms with E-state index in [1.165, 1.54) is 12.4 Å². The van der Waals surface area contributed by atoms with Crippen molar-refractivity contribution in [2.45, 2.75) is 19.4 Å². The van der Waals surface area contributed by atoms with Crippen LogP contribution in [-0.4, -0.2) is 38.4 Å². The summed E-state index contributed by atoms with van der Waals surface area (Å²) >= 11 is 6.19. The third-order valence-electron chi connectivity index (χ3n) is 5.37. The average Bonchev–Trinajstić information content (AvgIpc) is 3.08. The molecule has 0 bridgehead atoms. The second kappa shape index (κ2) is 7.64. The highest BCUT2D eigenvalue weighted by molar-refractivity contribution is 6.31. The van der Waals surface area contributed by atoms with Crippen molar-refractivity contribution in [1.29, 1.82) is 0 Å². The lowest BCUT2D eigenvalue weighted by Crippen LogP contribution is -2.38. The van der Waals surface area contributed by atoms with Crippen LogP contribution in [-0.2, 0) is 11.3 Å². The minimum Gasteiger partial charge on any atom is -0.383 e. The average molecular weight is 396 g/mol. The summed E-state index contributed by atoms with van der Waals surface area (Å²) < 4.78 is 2.15. The molecule has 0 radical (unpaired) electrons. The fraction of sp³-hybridized carbons (Fsp3) is 0.286. The molecular formula is C21H22ClN5O. The highest BCUT2D eigenvalue weighted by atomic mass is 35.5. The predicted octanol–water partition coefficient (Wildman–Crippen LogP) is 3.76. The van der Waals surface area contributed by atoms with Gasteiger partial charge in [-0.1, -0.05) is 30.3 Å². The van der Waals surface area contributed by atoms with Crippen LogP contribution in [0.4, 0.5) is 5.82 Å². The van der Waals surface area contributed by atoms with E-state index in [4.69, 9.17) is 17.3 Å². The second-order valence-corrected chi connectivity index (χ2v) is 7.57. The minimum absolute atomic E-state index is 0.00798. The summed E-state index contributed by atoms with van der Waals surface area (Å²) in [7, 11) is 0.